The number of nitrogens with one attached hydrogen (secondary N) is 1. The first kappa shape index (κ1) is 13.5. The molecule has 94 valence electrons. The van der Waals surface area contributed by atoms with Gasteiger partial charge in [-0.25, -0.2) is 0 Å². The Labute approximate surface area is 99.2 Å². The summed E-state index contributed by atoms with van der Waals surface area (Å²) >= 11 is 0. The van der Waals surface area contributed by atoms with Crippen molar-refractivity contribution in [1.29, 1.82) is 0 Å². The summed E-state index contributed by atoms with van der Waals surface area (Å²) in [4.78, 5) is 11.2. The van der Waals surface area contributed by atoms with Crippen LogP contribution in [0, 0.1) is 5.92 Å². The summed E-state index contributed by atoms with van der Waals surface area (Å²) in [5, 5.41) is 3.39. The maximum atomic E-state index is 11.2. The van der Waals surface area contributed by atoms with E-state index >= 15 is 0 Å². The Morgan fingerprint density at radius 1 is 1.31 bits per heavy atom. The van der Waals surface area contributed by atoms with E-state index in [0.717, 1.165) is 12.3 Å². The van der Waals surface area contributed by atoms with Gasteiger partial charge in [-0.2, -0.15) is 0 Å². The summed E-state index contributed by atoms with van der Waals surface area (Å²) in [6.45, 7) is 4.20. The van der Waals surface area contributed by atoms with Crippen molar-refractivity contribution in [3.05, 3.63) is 0 Å². The molecule has 1 rings (SSSR count). The number of carbonyl (C=O) groups is 1. The zero-order chi connectivity index (χ0) is 12.0. The molecule has 0 aliphatic heterocycles. The van der Waals surface area contributed by atoms with Crippen LogP contribution in [0.15, 0.2) is 0 Å². The zero-order valence-electron chi connectivity index (χ0n) is 10.7. The second kappa shape index (κ2) is 6.89. The smallest absolute Gasteiger partial charge is 0.234 e. The van der Waals surface area contributed by atoms with Crippen molar-refractivity contribution in [2.75, 3.05) is 0 Å². The van der Waals surface area contributed by atoms with Gasteiger partial charge < -0.3 is 11.1 Å². The van der Waals surface area contributed by atoms with Crippen LogP contribution in [0.25, 0.3) is 0 Å². The third-order valence-electron chi connectivity index (χ3n) is 3.82. The van der Waals surface area contributed by atoms with Crippen molar-refractivity contribution in [3.63, 3.8) is 0 Å². The first-order valence-corrected chi connectivity index (χ1v) is 6.70. The summed E-state index contributed by atoms with van der Waals surface area (Å²) in [5.74, 6) is 0.499. The Morgan fingerprint density at radius 2 is 1.88 bits per heavy atom. The van der Waals surface area contributed by atoms with Crippen LogP contribution in [0.3, 0.4) is 0 Å². The number of amides is 1. The van der Waals surface area contributed by atoms with Gasteiger partial charge in [-0.05, 0) is 32.1 Å². The lowest BCUT2D eigenvalue weighted by atomic mass is 9.92. The minimum Gasteiger partial charge on any atom is -0.368 e. The average Bonchev–Trinajstić information content (AvgIpc) is 2.53. The largest absolute Gasteiger partial charge is 0.368 e. The van der Waals surface area contributed by atoms with Crippen LogP contribution in [0.2, 0.25) is 0 Å². The molecule has 1 saturated carbocycles. The van der Waals surface area contributed by atoms with Crippen LogP contribution >= 0.6 is 0 Å². The van der Waals surface area contributed by atoms with Crippen LogP contribution in [0.5, 0.6) is 0 Å². The van der Waals surface area contributed by atoms with Gasteiger partial charge in [0.15, 0.2) is 0 Å². The van der Waals surface area contributed by atoms with E-state index in [1.807, 2.05) is 6.92 Å². The second-order valence-electron chi connectivity index (χ2n) is 5.07. The predicted octanol–water partition coefficient (Wildman–Crippen LogP) is 2.20. The lowest BCUT2D eigenvalue weighted by Gasteiger charge is -2.27. The summed E-state index contributed by atoms with van der Waals surface area (Å²) in [5.41, 5.74) is 5.35. The minimum atomic E-state index is -0.219. The molecule has 1 amide bonds. The number of primary amides is 1. The molecule has 16 heavy (non-hydrogen) atoms. The van der Waals surface area contributed by atoms with Crippen molar-refractivity contribution in [2.45, 2.75) is 70.9 Å². The van der Waals surface area contributed by atoms with Gasteiger partial charge in [-0.1, -0.05) is 32.6 Å². The van der Waals surface area contributed by atoms with Gasteiger partial charge in [0.2, 0.25) is 5.91 Å². The van der Waals surface area contributed by atoms with E-state index < -0.39 is 0 Å². The highest BCUT2D eigenvalue weighted by atomic mass is 16.1. The number of nitrogens with two attached hydrogens (primary N) is 1. The molecule has 1 unspecified atom stereocenters. The van der Waals surface area contributed by atoms with Crippen LogP contribution in [-0.4, -0.2) is 18.0 Å². The van der Waals surface area contributed by atoms with E-state index in [1.54, 1.807) is 0 Å². The average molecular weight is 226 g/mol. The molecular weight excluding hydrogens is 200 g/mol. The second-order valence-corrected chi connectivity index (χ2v) is 5.07. The molecule has 0 radical (unpaired) electrons. The summed E-state index contributed by atoms with van der Waals surface area (Å²) < 4.78 is 0. The fourth-order valence-electron chi connectivity index (χ4n) is 2.67. The van der Waals surface area contributed by atoms with Crippen LogP contribution < -0.4 is 11.1 Å². The molecule has 1 fully saturated rings. The zero-order valence-corrected chi connectivity index (χ0v) is 10.7. The van der Waals surface area contributed by atoms with Gasteiger partial charge >= 0.3 is 0 Å². The molecule has 2 atom stereocenters. The highest BCUT2D eigenvalue weighted by Gasteiger charge is 2.22. The van der Waals surface area contributed by atoms with Crippen LogP contribution in [0.1, 0.15) is 58.8 Å². The van der Waals surface area contributed by atoms with Crippen molar-refractivity contribution in [1.82, 2.24) is 5.32 Å². The van der Waals surface area contributed by atoms with E-state index in [4.69, 9.17) is 5.73 Å². The van der Waals surface area contributed by atoms with Gasteiger partial charge in [0.25, 0.3) is 0 Å². The van der Waals surface area contributed by atoms with Crippen LogP contribution in [0.4, 0.5) is 0 Å². The standard InChI is InChI=1S/C13H26N2O/c1-3-12(13(14)16)15-10(2)11-8-6-4-5-7-9-11/h10-12,15H,3-9H2,1-2H3,(H2,14,16)/t10-,12?/m0/s1. The lowest BCUT2D eigenvalue weighted by Crippen LogP contribution is -2.47. The van der Waals surface area contributed by atoms with Crippen molar-refractivity contribution < 1.29 is 4.79 Å². The Morgan fingerprint density at radius 3 is 2.31 bits per heavy atom. The molecule has 0 heterocycles. The lowest BCUT2D eigenvalue weighted by molar-refractivity contribution is -0.120. The highest BCUT2D eigenvalue weighted by molar-refractivity contribution is 5.79. The maximum absolute atomic E-state index is 11.2. The van der Waals surface area contributed by atoms with Crippen molar-refractivity contribution in [3.8, 4) is 0 Å². The van der Waals surface area contributed by atoms with Gasteiger partial charge in [0.05, 0.1) is 6.04 Å². The van der Waals surface area contributed by atoms with Crippen molar-refractivity contribution >= 4 is 5.91 Å². The van der Waals surface area contributed by atoms with E-state index in [1.165, 1.54) is 38.5 Å². The monoisotopic (exact) mass is 226 g/mol. The molecular formula is C13H26N2O. The molecule has 0 saturated heterocycles. The fraction of sp³-hybridized carbons (Fsp3) is 0.923. The Kier molecular flexibility index (Phi) is 5.81. The fourth-order valence-corrected chi connectivity index (χ4v) is 2.67. The SMILES string of the molecule is CCC(N[C@@H](C)C1CCCCCC1)C(N)=O. The minimum absolute atomic E-state index is 0.154. The Bertz CT molecular complexity index is 210. The number of hydrogen-bond donors (Lipinski definition) is 2. The molecule has 3 nitrogen and oxygen atoms in total. The highest BCUT2D eigenvalue weighted by Crippen LogP contribution is 2.25. The molecule has 0 aromatic carbocycles. The molecule has 1 aliphatic rings. The number of rotatable bonds is 5. The maximum Gasteiger partial charge on any atom is 0.234 e. The molecule has 0 spiro atoms. The first-order valence-electron chi connectivity index (χ1n) is 6.70. The molecule has 1 aliphatic carbocycles. The summed E-state index contributed by atoms with van der Waals surface area (Å²) in [7, 11) is 0. The van der Waals surface area contributed by atoms with E-state index in [2.05, 4.69) is 12.2 Å². The van der Waals surface area contributed by atoms with Gasteiger partial charge in [0, 0.05) is 6.04 Å². The van der Waals surface area contributed by atoms with Crippen molar-refractivity contribution in [2.24, 2.45) is 11.7 Å². The van der Waals surface area contributed by atoms with Gasteiger partial charge in [-0.3, -0.25) is 4.79 Å². The predicted molar refractivity (Wildman–Crippen MR) is 67.1 cm³/mol. The van der Waals surface area contributed by atoms with Crippen LogP contribution in [-0.2, 0) is 4.79 Å². The molecule has 3 N–H and O–H groups in total. The number of carbonyl (C=O) groups excluding carboxylic acids is 1. The van der Waals surface area contributed by atoms with Gasteiger partial charge in [-0.15, -0.1) is 0 Å². The molecule has 0 aromatic rings. The molecule has 3 heteroatoms. The Hall–Kier alpha value is -0.570. The van der Waals surface area contributed by atoms with E-state index in [9.17, 15) is 4.79 Å². The third-order valence-corrected chi connectivity index (χ3v) is 3.82. The Balaban J connectivity index is 2.42. The molecule has 0 bridgehead atoms. The number of hydrogen-bond acceptors (Lipinski definition) is 2. The first-order chi connectivity index (χ1) is 7.65. The quantitative estimate of drug-likeness (QED) is 0.706. The third kappa shape index (κ3) is 4.12. The van der Waals surface area contributed by atoms with E-state index in [0.29, 0.717) is 6.04 Å². The summed E-state index contributed by atoms with van der Waals surface area (Å²) in [6, 6.07) is 0.258. The van der Waals surface area contributed by atoms with E-state index in [-0.39, 0.29) is 11.9 Å². The summed E-state index contributed by atoms with van der Waals surface area (Å²) in [6.07, 6.45) is 8.79. The normalized spacial score (nSPS) is 22.4. The van der Waals surface area contributed by atoms with Gasteiger partial charge in [0.1, 0.15) is 0 Å². The topological polar surface area (TPSA) is 55.1 Å². The molecule has 0 aromatic heterocycles.